The van der Waals surface area contributed by atoms with Gasteiger partial charge in [-0.25, -0.2) is 0 Å². The lowest BCUT2D eigenvalue weighted by Crippen LogP contribution is -3.00. The summed E-state index contributed by atoms with van der Waals surface area (Å²) in [5.74, 6) is 7.97. The summed E-state index contributed by atoms with van der Waals surface area (Å²) >= 11 is 0. The van der Waals surface area contributed by atoms with Gasteiger partial charge >= 0.3 is 0 Å². The topological polar surface area (TPSA) is 0 Å². The van der Waals surface area contributed by atoms with Crippen LogP contribution in [0.5, 0.6) is 0 Å². The lowest BCUT2D eigenvalue weighted by Gasteiger charge is -2.32. The van der Waals surface area contributed by atoms with Crippen molar-refractivity contribution < 1.29 is 17.0 Å². The number of hydrogen-bond donors (Lipinski definition) is 0. The van der Waals surface area contributed by atoms with E-state index in [1.807, 2.05) is 30.3 Å². The van der Waals surface area contributed by atoms with Crippen LogP contribution in [-0.4, -0.2) is 19.6 Å². The van der Waals surface area contributed by atoms with Crippen molar-refractivity contribution in [2.24, 2.45) is 0 Å². The second-order valence-electron chi connectivity index (χ2n) is 3.57. The van der Waals surface area contributed by atoms with Gasteiger partial charge in [0.1, 0.15) is 25.3 Å². The highest BCUT2D eigenvalue weighted by Crippen LogP contribution is 2.21. The molecule has 0 amide bonds. The van der Waals surface area contributed by atoms with Crippen molar-refractivity contribution in [3.05, 3.63) is 30.3 Å². The second kappa shape index (κ2) is 7.59. The maximum absolute atomic E-state index is 5.41. The molecule has 0 aliphatic heterocycles. The number of benzene rings is 1. The first-order chi connectivity index (χ1) is 7.79. The van der Waals surface area contributed by atoms with Crippen LogP contribution in [0.15, 0.2) is 30.3 Å². The highest BCUT2D eigenvalue weighted by molar-refractivity contribution is 5.45. The third-order valence-electron chi connectivity index (χ3n) is 2.49. The minimum Gasteiger partial charge on any atom is -1.00 e. The van der Waals surface area contributed by atoms with E-state index in [2.05, 4.69) is 17.8 Å². The van der Waals surface area contributed by atoms with Gasteiger partial charge in [0.05, 0.1) is 0 Å². The van der Waals surface area contributed by atoms with Crippen LogP contribution in [0.2, 0.25) is 0 Å². The highest BCUT2D eigenvalue weighted by Gasteiger charge is 2.27. The predicted molar refractivity (Wildman–Crippen MR) is 69.3 cm³/mol. The number of hydrogen-bond acceptors (Lipinski definition) is 0. The molecule has 1 aromatic carbocycles. The summed E-state index contributed by atoms with van der Waals surface area (Å²) in [7, 11) is 0. The van der Waals surface area contributed by atoms with Gasteiger partial charge in [0.25, 0.3) is 0 Å². The van der Waals surface area contributed by atoms with E-state index in [0.29, 0.717) is 24.1 Å². The van der Waals surface area contributed by atoms with Gasteiger partial charge in [-0.3, -0.25) is 4.48 Å². The number of rotatable bonds is 4. The predicted octanol–water partition coefficient (Wildman–Crippen LogP) is -1.10. The Morgan fingerprint density at radius 3 is 1.59 bits per heavy atom. The van der Waals surface area contributed by atoms with Crippen molar-refractivity contribution in [1.82, 2.24) is 4.48 Å². The molecule has 0 N–H and O–H groups in total. The van der Waals surface area contributed by atoms with Gasteiger partial charge < -0.3 is 17.0 Å². The van der Waals surface area contributed by atoms with Crippen molar-refractivity contribution in [2.75, 3.05) is 19.6 Å². The Kier molecular flexibility index (Phi) is 6.85. The van der Waals surface area contributed by atoms with Gasteiger partial charge in [-0.1, -0.05) is 18.2 Å². The Morgan fingerprint density at radius 2 is 1.24 bits per heavy atom. The molecule has 17 heavy (non-hydrogen) atoms. The SMILES string of the molecule is C#CC[N+](CC#C)(CC#C)c1ccccc1.[Br-]. The van der Waals surface area contributed by atoms with E-state index in [0.717, 1.165) is 5.69 Å². The summed E-state index contributed by atoms with van der Waals surface area (Å²) in [5.41, 5.74) is 1.07. The minimum absolute atomic E-state index is 0. The maximum atomic E-state index is 5.41. The van der Waals surface area contributed by atoms with E-state index in [-0.39, 0.29) is 17.0 Å². The quantitative estimate of drug-likeness (QED) is 0.487. The fraction of sp³-hybridized carbons (Fsp3) is 0.200. The first-order valence-corrected chi connectivity index (χ1v) is 5.01. The Balaban J connectivity index is 0.00000256. The Morgan fingerprint density at radius 1 is 0.824 bits per heavy atom. The van der Waals surface area contributed by atoms with Gasteiger partial charge in [0.2, 0.25) is 0 Å². The van der Waals surface area contributed by atoms with E-state index in [1.165, 1.54) is 0 Å². The first-order valence-electron chi connectivity index (χ1n) is 5.01. The average molecular weight is 288 g/mol. The van der Waals surface area contributed by atoms with Crippen LogP contribution < -0.4 is 21.5 Å². The number of halogens is 1. The zero-order chi connectivity index (χ0) is 11.9. The molecule has 0 heterocycles. The molecule has 0 spiro atoms. The van der Waals surface area contributed by atoms with Gasteiger partial charge in [-0.2, -0.15) is 0 Å². The minimum atomic E-state index is 0. The molecule has 1 aromatic rings. The van der Waals surface area contributed by atoms with E-state index in [4.69, 9.17) is 19.3 Å². The normalized spacial score (nSPS) is 9.24. The molecule has 0 aliphatic rings. The number of terminal acetylenes is 3. The van der Waals surface area contributed by atoms with Crippen LogP contribution in [0, 0.1) is 37.0 Å². The summed E-state index contributed by atoms with van der Waals surface area (Å²) in [5, 5.41) is 0. The van der Waals surface area contributed by atoms with Crippen molar-refractivity contribution in [2.45, 2.75) is 0 Å². The van der Waals surface area contributed by atoms with Crippen molar-refractivity contribution in [1.29, 1.82) is 0 Å². The van der Waals surface area contributed by atoms with Crippen LogP contribution >= 0.6 is 0 Å². The molecule has 86 valence electrons. The van der Waals surface area contributed by atoms with Gasteiger partial charge in [-0.05, 0) is 29.9 Å². The van der Waals surface area contributed by atoms with E-state index in [1.54, 1.807) is 0 Å². The zero-order valence-electron chi connectivity index (χ0n) is 9.57. The lowest BCUT2D eigenvalue weighted by atomic mass is 10.2. The van der Waals surface area contributed by atoms with E-state index in [9.17, 15) is 0 Å². The highest BCUT2D eigenvalue weighted by atomic mass is 79.9. The monoisotopic (exact) mass is 287 g/mol. The Hall–Kier alpha value is -1.66. The van der Waals surface area contributed by atoms with Crippen molar-refractivity contribution in [3.63, 3.8) is 0 Å². The van der Waals surface area contributed by atoms with Gasteiger partial charge in [0, 0.05) is 0 Å². The third-order valence-corrected chi connectivity index (χ3v) is 2.49. The maximum Gasteiger partial charge on any atom is 0.146 e. The number of nitrogens with zero attached hydrogens (tertiary/aromatic N) is 1. The average Bonchev–Trinajstić information content (AvgIpc) is 2.31. The van der Waals surface area contributed by atoms with E-state index >= 15 is 0 Å². The molecule has 1 rings (SSSR count). The van der Waals surface area contributed by atoms with Gasteiger partial charge in [-0.15, -0.1) is 19.3 Å². The molecular formula is C15H14BrN. The largest absolute Gasteiger partial charge is 1.00 e. The molecule has 0 saturated heterocycles. The summed E-state index contributed by atoms with van der Waals surface area (Å²) in [4.78, 5) is 0. The third kappa shape index (κ3) is 3.69. The summed E-state index contributed by atoms with van der Waals surface area (Å²) in [6.45, 7) is 1.54. The van der Waals surface area contributed by atoms with Crippen LogP contribution in [0.1, 0.15) is 0 Å². The Labute approximate surface area is 114 Å². The molecule has 0 atom stereocenters. The van der Waals surface area contributed by atoms with Crippen molar-refractivity contribution in [3.8, 4) is 37.0 Å². The second-order valence-corrected chi connectivity index (χ2v) is 3.57. The molecule has 0 fully saturated rings. The summed E-state index contributed by atoms with van der Waals surface area (Å²) in [6, 6.07) is 9.90. The van der Waals surface area contributed by atoms with Crippen molar-refractivity contribution >= 4 is 5.69 Å². The molecule has 0 saturated carbocycles. The number of para-hydroxylation sites is 1. The van der Waals surface area contributed by atoms with Crippen LogP contribution in [0.25, 0.3) is 0 Å². The molecule has 0 unspecified atom stereocenters. The fourth-order valence-corrected chi connectivity index (χ4v) is 1.71. The van der Waals surface area contributed by atoms with Crippen LogP contribution in [0.3, 0.4) is 0 Å². The number of quaternary nitrogens is 1. The first kappa shape index (κ1) is 15.3. The van der Waals surface area contributed by atoms with Crippen LogP contribution in [0.4, 0.5) is 5.69 Å². The molecule has 0 aliphatic carbocycles. The van der Waals surface area contributed by atoms with E-state index < -0.39 is 0 Å². The molecule has 2 heteroatoms. The summed E-state index contributed by atoms with van der Waals surface area (Å²) < 4.78 is 0.463. The lowest BCUT2D eigenvalue weighted by molar-refractivity contribution is -0.00000326. The fourth-order valence-electron chi connectivity index (χ4n) is 1.71. The smallest absolute Gasteiger partial charge is 0.146 e. The molecule has 0 aromatic heterocycles. The molecular weight excluding hydrogens is 274 g/mol. The molecule has 0 bridgehead atoms. The molecule has 0 radical (unpaired) electrons. The zero-order valence-corrected chi connectivity index (χ0v) is 11.2. The Bertz CT molecular complexity index is 416. The molecule has 1 nitrogen and oxygen atoms in total. The van der Waals surface area contributed by atoms with Crippen LogP contribution in [-0.2, 0) is 0 Å². The standard InChI is InChI=1S/C15H14N.BrH/c1-4-12-16(13-5-2,14-6-3)15-10-8-7-9-11-15;/h1-3,7-11H,12-14H2;1H/q+1;/p-1. The summed E-state index contributed by atoms with van der Waals surface area (Å²) in [6.07, 6.45) is 16.2. The van der Waals surface area contributed by atoms with Gasteiger partial charge in [0.15, 0.2) is 0 Å².